The summed E-state index contributed by atoms with van der Waals surface area (Å²) in [6, 6.07) is 0. The van der Waals surface area contributed by atoms with Crippen LogP contribution in [-0.4, -0.2) is 11.0 Å². The fraction of sp³-hybridized carbons (Fsp3) is 1.00. The molecule has 1 saturated carbocycles. The summed E-state index contributed by atoms with van der Waals surface area (Å²) >= 11 is 2.17. The fourth-order valence-corrected chi connectivity index (χ4v) is 2.78. The molecule has 0 heterocycles. The maximum atomic E-state index is 2.27. The second-order valence-electron chi connectivity index (χ2n) is 3.07. The summed E-state index contributed by atoms with van der Waals surface area (Å²) in [5, 5.41) is 1.01. The van der Waals surface area contributed by atoms with Crippen LogP contribution in [-0.2, 0) is 0 Å². The minimum atomic E-state index is 1.01. The van der Waals surface area contributed by atoms with Crippen LogP contribution in [0.5, 0.6) is 0 Å². The van der Waals surface area contributed by atoms with Gasteiger partial charge in [0.1, 0.15) is 0 Å². The Balaban J connectivity index is 2.15. The Morgan fingerprint density at radius 1 is 1.10 bits per heavy atom. The molecule has 0 saturated heterocycles. The molecule has 0 aliphatic heterocycles. The van der Waals surface area contributed by atoms with Crippen molar-refractivity contribution in [2.45, 2.75) is 50.7 Å². The predicted molar refractivity (Wildman–Crippen MR) is 49.6 cm³/mol. The Labute approximate surface area is 68.8 Å². The molecule has 0 aromatic carbocycles. The van der Waals surface area contributed by atoms with E-state index in [-0.39, 0.29) is 0 Å². The third kappa shape index (κ3) is 2.96. The Bertz CT molecular complexity index is 72.8. The van der Waals surface area contributed by atoms with E-state index in [2.05, 4.69) is 18.7 Å². The summed E-state index contributed by atoms with van der Waals surface area (Å²) in [4.78, 5) is 0. The lowest BCUT2D eigenvalue weighted by Gasteiger charge is -2.10. The van der Waals surface area contributed by atoms with Crippen molar-refractivity contribution in [1.82, 2.24) is 0 Å². The second kappa shape index (κ2) is 5.06. The van der Waals surface area contributed by atoms with Crippen molar-refractivity contribution in [1.29, 1.82) is 0 Å². The summed E-state index contributed by atoms with van der Waals surface area (Å²) in [7, 11) is 0. The highest BCUT2D eigenvalue weighted by Crippen LogP contribution is 2.26. The topological polar surface area (TPSA) is 0 Å². The quantitative estimate of drug-likeness (QED) is 0.555. The summed E-state index contributed by atoms with van der Waals surface area (Å²) in [5.74, 6) is 1.31. The molecule has 0 spiro atoms. The largest absolute Gasteiger partial charge is 0.159 e. The molecule has 60 valence electrons. The van der Waals surface area contributed by atoms with Crippen molar-refractivity contribution in [3.8, 4) is 0 Å². The van der Waals surface area contributed by atoms with Crippen LogP contribution in [0.2, 0.25) is 0 Å². The van der Waals surface area contributed by atoms with Gasteiger partial charge in [0.2, 0.25) is 0 Å². The van der Waals surface area contributed by atoms with Crippen LogP contribution in [0.25, 0.3) is 0 Å². The number of rotatable bonds is 2. The van der Waals surface area contributed by atoms with Gasteiger partial charge in [-0.15, -0.1) is 0 Å². The van der Waals surface area contributed by atoms with Crippen LogP contribution in [0.1, 0.15) is 45.4 Å². The predicted octanol–water partition coefficient (Wildman–Crippen LogP) is 3.46. The normalized spacial score (nSPS) is 22.5. The summed E-state index contributed by atoms with van der Waals surface area (Å²) in [5.41, 5.74) is 0. The zero-order valence-corrected chi connectivity index (χ0v) is 7.75. The Hall–Kier alpha value is 0.350. The molecule has 0 unspecified atom stereocenters. The van der Waals surface area contributed by atoms with Gasteiger partial charge in [-0.2, -0.15) is 11.8 Å². The highest BCUT2D eigenvalue weighted by atomic mass is 32.2. The van der Waals surface area contributed by atoms with Crippen LogP contribution in [0.3, 0.4) is 0 Å². The Morgan fingerprint density at radius 2 is 1.70 bits per heavy atom. The summed E-state index contributed by atoms with van der Waals surface area (Å²) < 4.78 is 0. The van der Waals surface area contributed by atoms with E-state index in [9.17, 15) is 0 Å². The first-order valence-corrected chi connectivity index (χ1v) is 5.60. The SMILES string of the molecule is CCSC1CCCCCC1. The first-order valence-electron chi connectivity index (χ1n) is 4.55. The molecule has 1 aliphatic carbocycles. The van der Waals surface area contributed by atoms with Gasteiger partial charge in [0, 0.05) is 5.25 Å². The highest BCUT2D eigenvalue weighted by Gasteiger charge is 2.10. The van der Waals surface area contributed by atoms with Crippen LogP contribution in [0, 0.1) is 0 Å². The molecular weight excluding hydrogens is 140 g/mol. The molecule has 0 radical (unpaired) electrons. The molecule has 0 amide bonds. The van der Waals surface area contributed by atoms with E-state index in [4.69, 9.17) is 0 Å². The molecule has 0 nitrogen and oxygen atoms in total. The van der Waals surface area contributed by atoms with Crippen molar-refractivity contribution in [2.75, 3.05) is 5.75 Å². The van der Waals surface area contributed by atoms with Crippen LogP contribution >= 0.6 is 11.8 Å². The van der Waals surface area contributed by atoms with Crippen LogP contribution in [0.15, 0.2) is 0 Å². The molecule has 0 N–H and O–H groups in total. The lowest BCUT2D eigenvalue weighted by Crippen LogP contribution is -1.99. The molecule has 0 atom stereocenters. The molecule has 1 heteroatoms. The van der Waals surface area contributed by atoms with Gasteiger partial charge in [-0.3, -0.25) is 0 Å². The molecule has 0 aromatic heterocycles. The maximum absolute atomic E-state index is 2.27. The third-order valence-corrected chi connectivity index (χ3v) is 3.48. The first kappa shape index (κ1) is 8.45. The zero-order chi connectivity index (χ0) is 7.23. The molecule has 1 fully saturated rings. The maximum Gasteiger partial charge on any atom is 0.00469 e. The highest BCUT2D eigenvalue weighted by molar-refractivity contribution is 7.99. The number of hydrogen-bond donors (Lipinski definition) is 0. The van der Waals surface area contributed by atoms with Gasteiger partial charge in [-0.25, -0.2) is 0 Å². The van der Waals surface area contributed by atoms with E-state index >= 15 is 0 Å². The zero-order valence-electron chi connectivity index (χ0n) is 6.94. The minimum Gasteiger partial charge on any atom is -0.159 e. The van der Waals surface area contributed by atoms with Gasteiger partial charge in [-0.1, -0.05) is 32.6 Å². The molecule has 1 rings (SSSR count). The van der Waals surface area contributed by atoms with E-state index in [1.165, 1.54) is 44.3 Å². The number of hydrogen-bond acceptors (Lipinski definition) is 1. The van der Waals surface area contributed by atoms with Crippen molar-refractivity contribution in [3.63, 3.8) is 0 Å². The average molecular weight is 158 g/mol. The fourth-order valence-electron chi connectivity index (χ4n) is 1.64. The van der Waals surface area contributed by atoms with Gasteiger partial charge in [0.25, 0.3) is 0 Å². The summed E-state index contributed by atoms with van der Waals surface area (Å²) in [6.45, 7) is 2.27. The van der Waals surface area contributed by atoms with Gasteiger partial charge in [0.05, 0.1) is 0 Å². The Morgan fingerprint density at radius 3 is 2.20 bits per heavy atom. The van der Waals surface area contributed by atoms with E-state index < -0.39 is 0 Å². The van der Waals surface area contributed by atoms with Crippen LogP contribution in [0.4, 0.5) is 0 Å². The van der Waals surface area contributed by atoms with Crippen molar-refractivity contribution in [2.24, 2.45) is 0 Å². The van der Waals surface area contributed by atoms with Crippen molar-refractivity contribution < 1.29 is 0 Å². The van der Waals surface area contributed by atoms with E-state index in [0.29, 0.717) is 0 Å². The van der Waals surface area contributed by atoms with E-state index in [0.717, 1.165) is 5.25 Å². The van der Waals surface area contributed by atoms with Gasteiger partial charge < -0.3 is 0 Å². The van der Waals surface area contributed by atoms with E-state index in [1.807, 2.05) is 0 Å². The first-order chi connectivity index (χ1) is 4.93. The molecule has 10 heavy (non-hydrogen) atoms. The lowest BCUT2D eigenvalue weighted by atomic mass is 10.2. The van der Waals surface area contributed by atoms with E-state index in [1.54, 1.807) is 0 Å². The third-order valence-electron chi connectivity index (χ3n) is 2.20. The Kier molecular flexibility index (Phi) is 4.27. The van der Waals surface area contributed by atoms with Gasteiger partial charge >= 0.3 is 0 Å². The van der Waals surface area contributed by atoms with Gasteiger partial charge in [0.15, 0.2) is 0 Å². The summed E-state index contributed by atoms with van der Waals surface area (Å²) in [6.07, 6.45) is 8.91. The molecule has 0 aromatic rings. The minimum absolute atomic E-state index is 1.01. The van der Waals surface area contributed by atoms with Crippen molar-refractivity contribution in [3.05, 3.63) is 0 Å². The monoisotopic (exact) mass is 158 g/mol. The second-order valence-corrected chi connectivity index (χ2v) is 4.65. The molecule has 1 aliphatic rings. The lowest BCUT2D eigenvalue weighted by molar-refractivity contribution is 0.702. The van der Waals surface area contributed by atoms with Gasteiger partial charge in [-0.05, 0) is 18.6 Å². The number of thioether (sulfide) groups is 1. The standard InChI is InChI=1S/C9H18S/c1-2-10-9-7-5-3-4-6-8-9/h9H,2-8H2,1H3. The molecular formula is C9H18S. The smallest absolute Gasteiger partial charge is 0.00469 e. The average Bonchev–Trinajstić information content (AvgIpc) is 2.17. The van der Waals surface area contributed by atoms with Crippen LogP contribution < -0.4 is 0 Å². The van der Waals surface area contributed by atoms with Crippen molar-refractivity contribution >= 4 is 11.8 Å². The molecule has 0 bridgehead atoms.